The summed E-state index contributed by atoms with van der Waals surface area (Å²) < 4.78 is 0. The Hall–Kier alpha value is -1.82. The summed E-state index contributed by atoms with van der Waals surface area (Å²) in [6.45, 7) is 0. The zero-order valence-corrected chi connectivity index (χ0v) is 16.3. The van der Waals surface area contributed by atoms with Gasteiger partial charge in [-0.2, -0.15) is 0 Å². The van der Waals surface area contributed by atoms with Crippen LogP contribution in [-0.2, 0) is 12.8 Å². The molecule has 0 saturated carbocycles. The highest BCUT2D eigenvalue weighted by Crippen LogP contribution is 2.36. The quantitative estimate of drug-likeness (QED) is 0.536. The van der Waals surface area contributed by atoms with Crippen LogP contribution in [0.15, 0.2) is 24.3 Å². The molecule has 0 spiro atoms. The van der Waals surface area contributed by atoms with E-state index in [2.05, 4.69) is 11.4 Å². The molecule has 7 heteroatoms. The molecule has 2 aromatic heterocycles. The van der Waals surface area contributed by atoms with E-state index in [-0.39, 0.29) is 5.91 Å². The van der Waals surface area contributed by atoms with Gasteiger partial charge in [-0.15, -0.1) is 11.3 Å². The van der Waals surface area contributed by atoms with Gasteiger partial charge in [-0.05, 0) is 55.5 Å². The average molecular weight is 406 g/mol. The zero-order chi connectivity index (χ0) is 18.3. The van der Waals surface area contributed by atoms with E-state index in [9.17, 15) is 4.79 Å². The number of hydrogen-bond acceptors (Lipinski definition) is 4. The fourth-order valence-electron chi connectivity index (χ4n) is 3.27. The van der Waals surface area contributed by atoms with Crippen molar-refractivity contribution < 1.29 is 4.79 Å². The maximum Gasteiger partial charge on any atom is 0.267 e. The van der Waals surface area contributed by atoms with E-state index in [1.807, 2.05) is 0 Å². The summed E-state index contributed by atoms with van der Waals surface area (Å²) in [5, 5.41) is 4.53. The Morgan fingerprint density at radius 3 is 2.73 bits per heavy atom. The van der Waals surface area contributed by atoms with Crippen molar-refractivity contribution in [3.63, 3.8) is 0 Å². The number of aryl methyl sites for hydroxylation is 2. The first-order chi connectivity index (χ1) is 12.5. The molecule has 1 aliphatic carbocycles. The molecule has 0 saturated heterocycles. The van der Waals surface area contributed by atoms with Crippen LogP contribution < -0.4 is 11.1 Å². The molecule has 0 atom stereocenters. The Bertz CT molecular complexity index is 1020. The summed E-state index contributed by atoms with van der Waals surface area (Å²) in [6, 6.07) is 7.08. The highest BCUT2D eigenvalue weighted by molar-refractivity contribution is 7.21. The molecule has 0 aliphatic heterocycles. The predicted molar refractivity (Wildman–Crippen MR) is 110 cm³/mol. The number of carbonyl (C=O) groups excluding carboxylic acids is 1. The van der Waals surface area contributed by atoms with Gasteiger partial charge in [-0.25, -0.2) is 4.98 Å². The molecule has 1 amide bonds. The number of amides is 1. The largest absolute Gasteiger partial charge is 0.397 e. The van der Waals surface area contributed by atoms with E-state index in [0.29, 0.717) is 26.3 Å². The molecule has 0 fully saturated rings. The second-order valence-corrected chi connectivity index (χ2v) is 8.25. The highest BCUT2D eigenvalue weighted by atomic mass is 35.5. The number of nitrogen functional groups attached to an aromatic ring is 1. The Morgan fingerprint density at radius 2 is 1.92 bits per heavy atom. The number of nitrogens with two attached hydrogens (primary N) is 1. The van der Waals surface area contributed by atoms with Crippen LogP contribution in [0, 0.1) is 0 Å². The summed E-state index contributed by atoms with van der Waals surface area (Å²) >= 11 is 13.3. The van der Waals surface area contributed by atoms with Crippen molar-refractivity contribution in [1.29, 1.82) is 0 Å². The van der Waals surface area contributed by atoms with E-state index >= 15 is 0 Å². The Morgan fingerprint density at radius 1 is 1.12 bits per heavy atom. The Kier molecular flexibility index (Phi) is 4.78. The third-order valence-corrected chi connectivity index (χ3v) is 6.49. The van der Waals surface area contributed by atoms with Gasteiger partial charge in [0.15, 0.2) is 0 Å². The van der Waals surface area contributed by atoms with Gasteiger partial charge in [0.2, 0.25) is 0 Å². The standard InChI is InChI=1S/C19H17Cl2N3OS/c20-13-7-6-11(9-14(13)21)23-18(25)17-16(22)12-8-10-4-2-1-3-5-15(10)24-19(12)26-17/h6-9H,1-5,22H2,(H,23,25). The number of anilines is 2. The lowest BCUT2D eigenvalue weighted by atomic mass is 10.1. The van der Waals surface area contributed by atoms with Crippen LogP contribution in [0.1, 0.15) is 40.2 Å². The molecule has 2 heterocycles. The number of rotatable bonds is 2. The van der Waals surface area contributed by atoms with E-state index in [1.165, 1.54) is 29.7 Å². The lowest BCUT2D eigenvalue weighted by Gasteiger charge is -2.06. The normalized spacial score (nSPS) is 14.1. The smallest absolute Gasteiger partial charge is 0.267 e. The molecule has 26 heavy (non-hydrogen) atoms. The molecular formula is C19H17Cl2N3OS. The lowest BCUT2D eigenvalue weighted by molar-refractivity contribution is 0.103. The molecule has 134 valence electrons. The number of halogens is 2. The minimum absolute atomic E-state index is 0.265. The van der Waals surface area contributed by atoms with Crippen LogP contribution in [-0.4, -0.2) is 10.9 Å². The van der Waals surface area contributed by atoms with E-state index in [0.717, 1.165) is 35.2 Å². The Balaban J connectivity index is 1.68. The van der Waals surface area contributed by atoms with Gasteiger partial charge in [0.05, 0.1) is 15.7 Å². The molecule has 4 rings (SSSR count). The predicted octanol–water partition coefficient (Wildman–Crippen LogP) is 5.71. The zero-order valence-electron chi connectivity index (χ0n) is 13.9. The monoisotopic (exact) mass is 405 g/mol. The third-order valence-electron chi connectivity index (χ3n) is 4.63. The van der Waals surface area contributed by atoms with Gasteiger partial charge < -0.3 is 11.1 Å². The number of nitrogens with zero attached hydrogens (tertiary/aromatic N) is 1. The van der Waals surface area contributed by atoms with Crippen LogP contribution >= 0.6 is 34.5 Å². The second kappa shape index (κ2) is 7.06. The number of carbonyl (C=O) groups is 1. The molecule has 1 aliphatic rings. The van der Waals surface area contributed by atoms with E-state index in [1.54, 1.807) is 18.2 Å². The van der Waals surface area contributed by atoms with Crippen molar-refractivity contribution in [2.45, 2.75) is 32.1 Å². The van der Waals surface area contributed by atoms with Crippen LogP contribution in [0.3, 0.4) is 0 Å². The number of nitrogens with one attached hydrogen (secondary N) is 1. The summed E-state index contributed by atoms with van der Waals surface area (Å²) in [4.78, 5) is 18.8. The van der Waals surface area contributed by atoms with Gasteiger partial charge in [0, 0.05) is 16.8 Å². The molecule has 3 aromatic rings. The van der Waals surface area contributed by atoms with Gasteiger partial charge in [0.25, 0.3) is 5.91 Å². The van der Waals surface area contributed by atoms with Gasteiger partial charge in [-0.3, -0.25) is 4.79 Å². The molecule has 0 unspecified atom stereocenters. The van der Waals surface area contributed by atoms with Crippen molar-refractivity contribution in [2.24, 2.45) is 0 Å². The van der Waals surface area contributed by atoms with Crippen molar-refractivity contribution >= 4 is 62.0 Å². The second-order valence-electron chi connectivity index (χ2n) is 6.44. The summed E-state index contributed by atoms with van der Waals surface area (Å²) in [5.74, 6) is -0.265. The molecule has 0 radical (unpaired) electrons. The SMILES string of the molecule is Nc1c(C(=O)Nc2ccc(Cl)c(Cl)c2)sc2nc3c(cc12)CCCCC3. The number of thiophene rings is 1. The maximum absolute atomic E-state index is 12.7. The lowest BCUT2D eigenvalue weighted by Crippen LogP contribution is -2.11. The van der Waals surface area contributed by atoms with Crippen molar-refractivity contribution in [3.8, 4) is 0 Å². The summed E-state index contributed by atoms with van der Waals surface area (Å²) in [5.41, 5.74) is 9.75. The fourth-order valence-corrected chi connectivity index (χ4v) is 4.56. The minimum atomic E-state index is -0.265. The summed E-state index contributed by atoms with van der Waals surface area (Å²) in [7, 11) is 0. The topological polar surface area (TPSA) is 68.0 Å². The first-order valence-corrected chi connectivity index (χ1v) is 10.1. The average Bonchev–Trinajstić information content (AvgIpc) is 2.79. The van der Waals surface area contributed by atoms with Crippen LogP contribution in [0.2, 0.25) is 10.0 Å². The van der Waals surface area contributed by atoms with Crippen molar-refractivity contribution in [2.75, 3.05) is 11.1 Å². The number of benzene rings is 1. The summed E-state index contributed by atoms with van der Waals surface area (Å²) in [6.07, 6.45) is 5.59. The van der Waals surface area contributed by atoms with Gasteiger partial charge in [0.1, 0.15) is 9.71 Å². The van der Waals surface area contributed by atoms with Crippen LogP contribution in [0.25, 0.3) is 10.2 Å². The van der Waals surface area contributed by atoms with Gasteiger partial charge >= 0.3 is 0 Å². The highest BCUT2D eigenvalue weighted by Gasteiger charge is 2.20. The van der Waals surface area contributed by atoms with Crippen molar-refractivity contribution in [3.05, 3.63) is 50.4 Å². The fraction of sp³-hybridized carbons (Fsp3) is 0.263. The first kappa shape index (κ1) is 17.6. The van der Waals surface area contributed by atoms with Crippen LogP contribution in [0.4, 0.5) is 11.4 Å². The van der Waals surface area contributed by atoms with E-state index < -0.39 is 0 Å². The number of aromatic nitrogens is 1. The molecule has 4 nitrogen and oxygen atoms in total. The molecule has 1 aromatic carbocycles. The first-order valence-electron chi connectivity index (χ1n) is 8.50. The number of fused-ring (bicyclic) bond motifs is 2. The maximum atomic E-state index is 12.7. The van der Waals surface area contributed by atoms with Crippen molar-refractivity contribution in [1.82, 2.24) is 4.98 Å². The number of hydrogen-bond donors (Lipinski definition) is 2. The third kappa shape index (κ3) is 3.27. The Labute approximate surface area is 165 Å². The minimum Gasteiger partial charge on any atom is -0.397 e. The van der Waals surface area contributed by atoms with E-state index in [4.69, 9.17) is 33.9 Å². The van der Waals surface area contributed by atoms with Crippen LogP contribution in [0.5, 0.6) is 0 Å². The molecular weight excluding hydrogens is 389 g/mol. The number of pyridine rings is 1. The van der Waals surface area contributed by atoms with Gasteiger partial charge in [-0.1, -0.05) is 29.6 Å². The molecule has 3 N–H and O–H groups in total. The molecule has 0 bridgehead atoms.